The van der Waals surface area contributed by atoms with E-state index in [0.717, 1.165) is 12.8 Å². The largest absolute Gasteiger partial charge is 0.212 e. The average molecular weight is 1480 g/mol. The summed E-state index contributed by atoms with van der Waals surface area (Å²) >= 11 is 0. The van der Waals surface area contributed by atoms with Gasteiger partial charge in [-0.25, -0.2) is 22.8 Å². The van der Waals surface area contributed by atoms with Crippen molar-refractivity contribution in [2.24, 2.45) is 46.6 Å². The zero-order valence-electron chi connectivity index (χ0n) is 70.1. The third-order valence-electron chi connectivity index (χ3n) is 21.1. The van der Waals surface area contributed by atoms with Crippen LogP contribution in [0.1, 0.15) is 104 Å². The summed E-state index contributed by atoms with van der Waals surface area (Å²) in [6.45, 7) is 29.0. The molecule has 10 aromatic carbocycles. The van der Waals surface area contributed by atoms with Crippen LogP contribution in [0.5, 0.6) is 0 Å². The Morgan fingerprint density at radius 2 is 0.531 bits per heavy atom. The maximum absolute atomic E-state index is 2.35. The third kappa shape index (κ3) is 22.0. The van der Waals surface area contributed by atoms with Crippen molar-refractivity contribution in [3.05, 3.63) is 390 Å². The third-order valence-corrected chi connectivity index (χ3v) is 21.1. The molecule has 5 heterocycles. The molecule has 0 aliphatic carbocycles. The van der Waals surface area contributed by atoms with Crippen molar-refractivity contribution in [3.63, 3.8) is 0 Å². The molecule has 568 valence electrons. The topological polar surface area (TPSA) is 19.4 Å². The van der Waals surface area contributed by atoms with Gasteiger partial charge in [-0.05, 0) is 214 Å². The molecule has 5 heteroatoms. The summed E-state index contributed by atoms with van der Waals surface area (Å²) in [4.78, 5) is 0. The van der Waals surface area contributed by atoms with Crippen molar-refractivity contribution < 1.29 is 22.8 Å². The SMILES string of the molecule is Cc1cc[n+](C)c(-c2cc(-c3ccccc3)ccc2C)c1.Cc1ccc(-c2ccccc2)cc1-c1cc(C(C)C)cc[n+]1C.Cc1ccc(-c2ccccc2)cc1-c1cc(CC(C)(C)C)cc[n+]1C.Cc1ccc(-c2ccccc2)cc1-c1cc(CC(C)C)cc[n+]1C.Cc1ccc(-c2ccccc2)cc1-c1cccc[n+]1C. The summed E-state index contributed by atoms with van der Waals surface area (Å²) in [5, 5.41) is 0. The van der Waals surface area contributed by atoms with Gasteiger partial charge in [0.1, 0.15) is 35.2 Å². The molecule has 0 radical (unpaired) electrons. The summed E-state index contributed by atoms with van der Waals surface area (Å²) in [5.41, 5.74) is 37.7. The molecule has 0 N–H and O–H groups in total. The van der Waals surface area contributed by atoms with Gasteiger partial charge in [-0.1, -0.05) is 261 Å². The van der Waals surface area contributed by atoms with Crippen molar-refractivity contribution in [1.82, 2.24) is 0 Å². The highest BCUT2D eigenvalue weighted by molar-refractivity contribution is 5.78. The molecule has 5 aromatic heterocycles. The highest BCUT2D eigenvalue weighted by Gasteiger charge is 2.22. The maximum atomic E-state index is 2.35. The highest BCUT2D eigenvalue weighted by Crippen LogP contribution is 2.35. The Morgan fingerprint density at radius 1 is 0.248 bits per heavy atom. The minimum atomic E-state index is 0.290. The van der Waals surface area contributed by atoms with E-state index in [-0.39, 0.29) is 5.41 Å². The molecule has 0 atom stereocenters. The van der Waals surface area contributed by atoms with E-state index in [4.69, 9.17) is 0 Å². The van der Waals surface area contributed by atoms with Gasteiger partial charge < -0.3 is 0 Å². The molecule has 0 fully saturated rings. The zero-order chi connectivity index (χ0) is 80.3. The molecule has 0 unspecified atom stereocenters. The molecule has 113 heavy (non-hydrogen) atoms. The normalized spacial score (nSPS) is 11.0. The average Bonchev–Trinajstić information content (AvgIpc) is 0.818. The van der Waals surface area contributed by atoms with Crippen LogP contribution in [0.2, 0.25) is 0 Å². The Kier molecular flexibility index (Phi) is 27.7. The van der Waals surface area contributed by atoms with Crippen LogP contribution in [-0.4, -0.2) is 0 Å². The van der Waals surface area contributed by atoms with Crippen molar-refractivity contribution >= 4 is 0 Å². The zero-order valence-corrected chi connectivity index (χ0v) is 70.1. The fourth-order valence-electron chi connectivity index (χ4n) is 14.6. The molecule has 15 rings (SSSR count). The van der Waals surface area contributed by atoms with Gasteiger partial charge in [-0.15, -0.1) is 0 Å². The first-order chi connectivity index (χ1) is 54.3. The number of aromatic nitrogens is 5. The van der Waals surface area contributed by atoms with Gasteiger partial charge >= 0.3 is 0 Å². The van der Waals surface area contributed by atoms with E-state index < -0.39 is 0 Å². The quantitative estimate of drug-likeness (QED) is 0.0967. The lowest BCUT2D eigenvalue weighted by Gasteiger charge is -2.18. The molecule has 0 saturated heterocycles. The fourth-order valence-corrected chi connectivity index (χ4v) is 14.6. The maximum Gasteiger partial charge on any atom is 0.212 e. The van der Waals surface area contributed by atoms with Crippen LogP contribution in [0.4, 0.5) is 0 Å². The Labute approximate surface area is 676 Å². The number of nitrogens with zero attached hydrogens (tertiary/aromatic N) is 5. The van der Waals surface area contributed by atoms with Gasteiger partial charge in [0, 0.05) is 88.5 Å². The van der Waals surface area contributed by atoms with Crippen LogP contribution in [0.15, 0.2) is 340 Å². The lowest BCUT2D eigenvalue weighted by atomic mass is 9.87. The predicted molar refractivity (Wildman–Crippen MR) is 477 cm³/mol. The highest BCUT2D eigenvalue weighted by atomic mass is 14.9. The van der Waals surface area contributed by atoms with E-state index in [1.807, 2.05) is 0 Å². The monoisotopic (exact) mass is 1480 g/mol. The van der Waals surface area contributed by atoms with Crippen molar-refractivity contribution in [2.45, 2.75) is 109 Å². The first-order valence-corrected chi connectivity index (χ1v) is 40.0. The van der Waals surface area contributed by atoms with E-state index in [2.05, 4.69) is 488 Å². The molecule has 0 saturated carbocycles. The lowest BCUT2D eigenvalue weighted by Crippen LogP contribution is -2.31. The van der Waals surface area contributed by atoms with Crippen molar-refractivity contribution in [2.75, 3.05) is 0 Å². The molecule has 0 aliphatic heterocycles. The van der Waals surface area contributed by atoms with Gasteiger partial charge in [0.25, 0.3) is 0 Å². The summed E-state index contributed by atoms with van der Waals surface area (Å²) in [6.07, 6.45) is 12.9. The van der Waals surface area contributed by atoms with E-state index in [0.29, 0.717) is 11.8 Å². The first-order valence-electron chi connectivity index (χ1n) is 40.0. The molecular formula is C108H116N5+5. The van der Waals surface area contributed by atoms with Crippen LogP contribution >= 0.6 is 0 Å². The van der Waals surface area contributed by atoms with Gasteiger partial charge in [0.15, 0.2) is 31.0 Å². The predicted octanol–water partition coefficient (Wildman–Crippen LogP) is 25.0. The Bertz CT molecular complexity index is 5660. The summed E-state index contributed by atoms with van der Waals surface area (Å²) < 4.78 is 11.0. The summed E-state index contributed by atoms with van der Waals surface area (Å²) in [6, 6.07) is 111. The fraction of sp³-hybridized carbons (Fsp3) is 0.213. The minimum Gasteiger partial charge on any atom is -0.201 e. The second-order valence-corrected chi connectivity index (χ2v) is 32.4. The van der Waals surface area contributed by atoms with E-state index >= 15 is 0 Å². The van der Waals surface area contributed by atoms with Crippen LogP contribution < -0.4 is 22.8 Å². The lowest BCUT2D eigenvalue weighted by molar-refractivity contribution is -0.660. The van der Waals surface area contributed by atoms with Gasteiger partial charge in [0.2, 0.25) is 28.5 Å². The van der Waals surface area contributed by atoms with E-state index in [9.17, 15) is 0 Å². The molecule has 0 spiro atoms. The Morgan fingerprint density at radius 3 is 0.858 bits per heavy atom. The van der Waals surface area contributed by atoms with Crippen LogP contribution in [0.3, 0.4) is 0 Å². The number of aryl methyl sites for hydroxylation is 11. The second-order valence-electron chi connectivity index (χ2n) is 32.4. The molecule has 0 amide bonds. The molecular weight excluding hydrogens is 1370 g/mol. The minimum absolute atomic E-state index is 0.290. The number of hydrogen-bond acceptors (Lipinski definition) is 0. The Balaban J connectivity index is 0.000000140. The summed E-state index contributed by atoms with van der Waals surface area (Å²) in [5.74, 6) is 1.20. The van der Waals surface area contributed by atoms with Crippen molar-refractivity contribution in [1.29, 1.82) is 0 Å². The van der Waals surface area contributed by atoms with E-state index in [1.165, 1.54) is 162 Å². The molecule has 5 nitrogen and oxygen atoms in total. The van der Waals surface area contributed by atoms with Gasteiger partial charge in [0.05, 0.1) is 0 Å². The van der Waals surface area contributed by atoms with Gasteiger partial charge in [-0.3, -0.25) is 0 Å². The first kappa shape index (κ1) is 81.9. The molecule has 0 bridgehead atoms. The van der Waals surface area contributed by atoms with Crippen LogP contribution in [-0.2, 0) is 48.1 Å². The summed E-state index contributed by atoms with van der Waals surface area (Å²) in [7, 11) is 10.6. The number of benzene rings is 10. The smallest absolute Gasteiger partial charge is 0.201 e. The van der Waals surface area contributed by atoms with Crippen LogP contribution in [0, 0.1) is 52.9 Å². The number of hydrogen-bond donors (Lipinski definition) is 0. The molecule has 0 aliphatic rings. The Hall–Kier alpha value is -12.1. The van der Waals surface area contributed by atoms with Crippen molar-refractivity contribution in [3.8, 4) is 112 Å². The van der Waals surface area contributed by atoms with E-state index in [1.54, 1.807) is 0 Å². The second kappa shape index (κ2) is 38.3. The van der Waals surface area contributed by atoms with Gasteiger partial charge in [-0.2, -0.15) is 0 Å². The number of rotatable bonds is 14. The standard InChI is InChI=1S/C24H28N.C23H26N.C22H24N.C20H20N.C19H18N/c1-18-11-12-21(20-9-7-6-8-10-20)16-22(18)23-15-19(13-14-25(23)5)17-24(2,3)4;1-17(2)14-19-12-13-24(4)23(15-19)22-16-21(11-10-18(22)3)20-8-6-5-7-9-20;1-16(2)19-12-13-23(4)22(15-19)21-14-20(11-10-17(21)3)18-8-6-5-7-9-18;1-15-11-12-21(3)20(13-15)19-14-18(10-9-16(19)2)17-7-5-4-6-8-17;1-15-11-12-17(16-8-4-3-5-9-16)14-18(15)19-10-6-7-13-20(19)2/h6-16H,17H2,1-5H3;5-13,15-17H,14H2,1-4H3;5-16H,1-4H3;4-14H,1-3H3;3-14H,1-2H3/q5*+1. The molecule has 15 aromatic rings. The number of pyridine rings is 5. The van der Waals surface area contributed by atoms with Crippen LogP contribution in [0.25, 0.3) is 112 Å².